The van der Waals surface area contributed by atoms with Gasteiger partial charge in [0.1, 0.15) is 0 Å². The summed E-state index contributed by atoms with van der Waals surface area (Å²) in [6, 6.07) is 0. The highest BCUT2D eigenvalue weighted by molar-refractivity contribution is 6.30. The van der Waals surface area contributed by atoms with Crippen molar-refractivity contribution in [1.29, 1.82) is 0 Å². The third-order valence-corrected chi connectivity index (χ3v) is 1.85. The third-order valence-electron chi connectivity index (χ3n) is 1.65. The van der Waals surface area contributed by atoms with Crippen LogP contribution in [0, 0.1) is 5.92 Å². The number of amides is 1. The molecule has 3 N–H and O–H groups in total. The standard InChI is InChI=1S/C7H11ClN4O/c1-5(7(13)11-9)3-12-4-6(8)2-10-12/h2,4-5H,3,9H2,1H3,(H,11,13). The van der Waals surface area contributed by atoms with Gasteiger partial charge in [0.15, 0.2) is 0 Å². The number of aromatic nitrogens is 2. The second kappa shape index (κ2) is 4.25. The van der Waals surface area contributed by atoms with E-state index in [0.717, 1.165) is 0 Å². The van der Waals surface area contributed by atoms with E-state index in [4.69, 9.17) is 17.4 Å². The van der Waals surface area contributed by atoms with Gasteiger partial charge in [-0.3, -0.25) is 14.9 Å². The molecule has 0 aliphatic rings. The number of carbonyl (C=O) groups excluding carboxylic acids is 1. The minimum atomic E-state index is -0.221. The number of hydrogen-bond acceptors (Lipinski definition) is 3. The fourth-order valence-corrected chi connectivity index (χ4v) is 1.10. The van der Waals surface area contributed by atoms with Crippen LogP contribution in [-0.4, -0.2) is 15.7 Å². The summed E-state index contributed by atoms with van der Waals surface area (Å²) in [5.74, 6) is 4.54. The quantitative estimate of drug-likeness (QED) is 0.417. The number of rotatable bonds is 3. The van der Waals surface area contributed by atoms with Gasteiger partial charge in [0.2, 0.25) is 5.91 Å². The Bertz CT molecular complexity index is 298. The van der Waals surface area contributed by atoms with Crippen molar-refractivity contribution >= 4 is 17.5 Å². The Morgan fingerprint density at radius 3 is 3.08 bits per heavy atom. The molecule has 0 fully saturated rings. The van der Waals surface area contributed by atoms with Gasteiger partial charge in [-0.25, -0.2) is 5.84 Å². The van der Waals surface area contributed by atoms with Crippen LogP contribution in [0.1, 0.15) is 6.92 Å². The molecule has 0 radical (unpaired) electrons. The van der Waals surface area contributed by atoms with Gasteiger partial charge in [0, 0.05) is 6.20 Å². The van der Waals surface area contributed by atoms with Crippen LogP contribution in [-0.2, 0) is 11.3 Å². The molecular formula is C7H11ClN4O. The first-order chi connectivity index (χ1) is 6.13. The molecule has 1 aromatic rings. The molecule has 1 unspecified atom stereocenters. The van der Waals surface area contributed by atoms with Crippen LogP contribution in [0.25, 0.3) is 0 Å². The first kappa shape index (κ1) is 10.0. The molecule has 0 spiro atoms. The lowest BCUT2D eigenvalue weighted by atomic mass is 10.2. The second-order valence-electron chi connectivity index (χ2n) is 2.79. The molecule has 13 heavy (non-hydrogen) atoms. The predicted molar refractivity (Wildman–Crippen MR) is 48.7 cm³/mol. The minimum absolute atomic E-state index is 0.216. The Hall–Kier alpha value is -1.07. The second-order valence-corrected chi connectivity index (χ2v) is 3.23. The van der Waals surface area contributed by atoms with Crippen LogP contribution in [0.3, 0.4) is 0 Å². The Labute approximate surface area is 80.8 Å². The highest BCUT2D eigenvalue weighted by Crippen LogP contribution is 2.07. The monoisotopic (exact) mass is 202 g/mol. The average Bonchev–Trinajstić information content (AvgIpc) is 2.49. The van der Waals surface area contributed by atoms with Crippen molar-refractivity contribution in [3.63, 3.8) is 0 Å². The molecule has 0 bridgehead atoms. The lowest BCUT2D eigenvalue weighted by molar-refractivity contribution is -0.125. The number of hydrogen-bond donors (Lipinski definition) is 2. The zero-order chi connectivity index (χ0) is 9.84. The molecule has 1 rings (SSSR count). The van der Waals surface area contributed by atoms with Crippen LogP contribution in [0.5, 0.6) is 0 Å². The van der Waals surface area contributed by atoms with Crippen molar-refractivity contribution < 1.29 is 4.79 Å². The van der Waals surface area contributed by atoms with Crippen molar-refractivity contribution in [1.82, 2.24) is 15.2 Å². The van der Waals surface area contributed by atoms with Crippen molar-refractivity contribution in [3.8, 4) is 0 Å². The Morgan fingerprint density at radius 2 is 2.62 bits per heavy atom. The van der Waals surface area contributed by atoms with Crippen LogP contribution >= 0.6 is 11.6 Å². The van der Waals surface area contributed by atoms with E-state index < -0.39 is 0 Å². The molecule has 1 heterocycles. The van der Waals surface area contributed by atoms with E-state index >= 15 is 0 Å². The van der Waals surface area contributed by atoms with Gasteiger partial charge in [-0.15, -0.1) is 0 Å². The number of halogens is 1. The SMILES string of the molecule is CC(Cn1cc(Cl)cn1)C(=O)NN. The van der Waals surface area contributed by atoms with Gasteiger partial charge in [-0.1, -0.05) is 18.5 Å². The number of nitrogens with zero attached hydrogens (tertiary/aromatic N) is 2. The smallest absolute Gasteiger partial charge is 0.238 e. The lowest BCUT2D eigenvalue weighted by Crippen LogP contribution is -2.36. The molecule has 5 nitrogen and oxygen atoms in total. The number of carbonyl (C=O) groups is 1. The summed E-state index contributed by atoms with van der Waals surface area (Å²) in [6.07, 6.45) is 3.18. The summed E-state index contributed by atoms with van der Waals surface area (Å²) in [7, 11) is 0. The summed E-state index contributed by atoms with van der Waals surface area (Å²) in [6.45, 7) is 2.23. The maximum absolute atomic E-state index is 11.0. The number of hydrazine groups is 1. The van der Waals surface area contributed by atoms with Gasteiger partial charge in [-0.2, -0.15) is 5.10 Å². The van der Waals surface area contributed by atoms with Gasteiger partial charge in [0.05, 0.1) is 23.7 Å². The van der Waals surface area contributed by atoms with Gasteiger partial charge in [-0.05, 0) is 0 Å². The van der Waals surface area contributed by atoms with E-state index in [9.17, 15) is 4.79 Å². The summed E-state index contributed by atoms with van der Waals surface area (Å²) in [4.78, 5) is 11.0. The van der Waals surface area contributed by atoms with Crippen molar-refractivity contribution in [2.24, 2.45) is 11.8 Å². The molecule has 72 valence electrons. The summed E-state index contributed by atoms with van der Waals surface area (Å²) < 4.78 is 1.60. The van der Waals surface area contributed by atoms with Gasteiger partial charge in [0.25, 0.3) is 0 Å². The van der Waals surface area contributed by atoms with Crippen LogP contribution in [0.2, 0.25) is 5.02 Å². The first-order valence-corrected chi connectivity index (χ1v) is 4.19. The number of nitrogens with two attached hydrogens (primary N) is 1. The maximum atomic E-state index is 11.0. The normalized spacial score (nSPS) is 12.5. The lowest BCUT2D eigenvalue weighted by Gasteiger charge is -2.08. The minimum Gasteiger partial charge on any atom is -0.294 e. The largest absolute Gasteiger partial charge is 0.294 e. The van der Waals surface area contributed by atoms with Crippen LogP contribution in [0.4, 0.5) is 0 Å². The molecule has 0 aromatic carbocycles. The van der Waals surface area contributed by atoms with Crippen molar-refractivity contribution in [3.05, 3.63) is 17.4 Å². The van der Waals surface area contributed by atoms with Crippen molar-refractivity contribution in [2.45, 2.75) is 13.5 Å². The van der Waals surface area contributed by atoms with E-state index in [1.807, 2.05) is 0 Å². The van der Waals surface area contributed by atoms with E-state index in [1.54, 1.807) is 17.8 Å². The molecule has 0 aliphatic heterocycles. The van der Waals surface area contributed by atoms with Crippen molar-refractivity contribution in [2.75, 3.05) is 0 Å². The van der Waals surface area contributed by atoms with Crippen LogP contribution < -0.4 is 11.3 Å². The Balaban J connectivity index is 2.54. The molecule has 1 amide bonds. The van der Waals surface area contributed by atoms with E-state index in [0.29, 0.717) is 11.6 Å². The first-order valence-electron chi connectivity index (χ1n) is 3.82. The Kier molecular flexibility index (Phi) is 3.27. The summed E-state index contributed by atoms with van der Waals surface area (Å²) in [5.41, 5.74) is 2.08. The summed E-state index contributed by atoms with van der Waals surface area (Å²) in [5, 5.41) is 4.49. The molecule has 6 heteroatoms. The fourth-order valence-electron chi connectivity index (χ4n) is 0.944. The van der Waals surface area contributed by atoms with Gasteiger partial charge >= 0.3 is 0 Å². The zero-order valence-corrected chi connectivity index (χ0v) is 7.95. The van der Waals surface area contributed by atoms with Gasteiger partial charge < -0.3 is 0 Å². The molecule has 0 aliphatic carbocycles. The highest BCUT2D eigenvalue weighted by atomic mass is 35.5. The molecular weight excluding hydrogens is 192 g/mol. The third kappa shape index (κ3) is 2.71. The fraction of sp³-hybridized carbons (Fsp3) is 0.429. The van der Waals surface area contributed by atoms with E-state index in [2.05, 4.69) is 10.5 Å². The van der Waals surface area contributed by atoms with E-state index in [-0.39, 0.29) is 11.8 Å². The molecule has 0 saturated heterocycles. The molecule has 1 atom stereocenters. The average molecular weight is 203 g/mol. The summed E-state index contributed by atoms with van der Waals surface area (Å²) >= 11 is 5.65. The zero-order valence-electron chi connectivity index (χ0n) is 7.20. The Morgan fingerprint density at radius 1 is 1.92 bits per heavy atom. The number of nitrogens with one attached hydrogen (secondary N) is 1. The van der Waals surface area contributed by atoms with Crippen LogP contribution in [0.15, 0.2) is 12.4 Å². The highest BCUT2D eigenvalue weighted by Gasteiger charge is 2.12. The maximum Gasteiger partial charge on any atom is 0.238 e. The molecule has 0 saturated carbocycles. The molecule has 1 aromatic heterocycles. The van der Waals surface area contributed by atoms with E-state index in [1.165, 1.54) is 6.20 Å². The topological polar surface area (TPSA) is 72.9 Å². The predicted octanol–water partition coefficient (Wildman–Crippen LogP) is 0.162.